The van der Waals surface area contributed by atoms with Gasteiger partial charge in [-0.05, 0) is 113 Å². The fourth-order valence-corrected chi connectivity index (χ4v) is 19.4. The molecule has 0 bridgehead atoms. The standard InChI is InChI=1S/C83H122IN7O29S3/c1-18-20-21-22-23-25-54(63-48(30-33-121-123-82(10,11)12)83(107,41(3)4)38-53(94)66(63)88-81(106)112-17)117-80-73(68(100)65(44(7)115-80)89-120-61-36-52(93)75(46(9)114-61)122-78(105)62-43(6)64(84)71(74(111-16)70(62)109-14)119-79-69(101)72(110-15)67(99)45(8)116-79)118-60-37-55(108-13)50(40-113-60)91(19-2)59(98)39-86-76(102)42(5)34-51(92)49(35-56(85)95)87-57(96)26-24-27-58(97)90-31-28-47(29-32-90)77(103)104/h21-22,30,41-42,44-47,49-50,52,54-55,60-61,63,65-69,72-73,75,79-80,89,93,99-101,107H,19,24,26-29,31-40H2,1-17H3,(H2,85,95)(H,86,102)(H,87,96)(H,88,106)(H,103,104)/b22-21-,48-30+/t42-,44?,45?,46?,49+,50?,52?,54+,55?,60?,61?,63?,65?,66?,67?,68?,69?,72?,73?,75?,79?,80?,83-/m1/s1. The number of carboxylic acids is 1. The molecular weight excluding hydrogens is 1780 g/mol. The number of hydrogen-bond donors (Lipinski definition) is 11. The highest BCUT2D eigenvalue weighted by atomic mass is 127. The lowest BCUT2D eigenvalue weighted by atomic mass is 9.64. The van der Waals surface area contributed by atoms with Crippen molar-refractivity contribution in [1.29, 1.82) is 0 Å². The van der Waals surface area contributed by atoms with E-state index in [-0.39, 0.29) is 91.8 Å². The number of hydroxylamine groups is 1. The van der Waals surface area contributed by atoms with Gasteiger partial charge in [-0.2, -0.15) is 5.48 Å². The van der Waals surface area contributed by atoms with Crippen LogP contribution in [0, 0.1) is 57.8 Å². The number of thioether (sulfide) groups is 1. The number of Topliss-reactive ketones (excluding diaryl/α,β-unsaturated/α-hetero) is 2. The number of aliphatic hydroxyl groups excluding tert-OH is 4. The van der Waals surface area contributed by atoms with E-state index in [1.165, 1.54) is 63.2 Å². The normalized spacial score (nSPS) is 29.9. The van der Waals surface area contributed by atoms with E-state index in [4.69, 9.17) is 67.4 Å². The number of piperidine rings is 1. The predicted molar refractivity (Wildman–Crippen MR) is 459 cm³/mol. The molecule has 6 amide bonds. The molecule has 23 atom stereocenters. The number of primary amides is 1. The number of carbonyl (C=O) groups is 10. The fraction of sp³-hybridized carbons (Fsp3) is 0.711. The van der Waals surface area contributed by atoms with E-state index in [0.29, 0.717) is 33.3 Å². The Morgan fingerprint density at radius 2 is 1.51 bits per heavy atom. The molecule has 1 aromatic carbocycles. The maximum absolute atomic E-state index is 14.8. The highest BCUT2D eigenvalue weighted by Gasteiger charge is 2.57. The molecular formula is C83H122IN7O29S3. The Balaban J connectivity index is 1.12. The molecule has 19 unspecified atom stereocenters. The number of aliphatic carboxylic acids is 1. The van der Waals surface area contributed by atoms with Gasteiger partial charge in [-0.1, -0.05) is 98.7 Å². The Kier molecular flexibility index (Phi) is 40.5. The maximum atomic E-state index is 14.8. The molecule has 1 saturated carbocycles. The first-order valence-electron chi connectivity index (χ1n) is 40.9. The van der Waals surface area contributed by atoms with Gasteiger partial charge in [0.25, 0.3) is 0 Å². The van der Waals surface area contributed by atoms with Crippen molar-refractivity contribution in [3.05, 3.63) is 38.5 Å². The zero-order valence-electron chi connectivity index (χ0n) is 72.5. The summed E-state index contributed by atoms with van der Waals surface area (Å²) >= 11 is 2.75. The first kappa shape index (κ1) is 104. The van der Waals surface area contributed by atoms with Crippen LogP contribution in [-0.4, -0.2) is 305 Å². The second-order valence-electron chi connectivity index (χ2n) is 32.2. The summed E-state index contributed by atoms with van der Waals surface area (Å²) in [5.41, 5.74) is 7.28. The van der Waals surface area contributed by atoms with Crippen molar-refractivity contribution in [2.75, 3.05) is 74.1 Å². The molecule has 36 nitrogen and oxygen atoms in total. The first-order chi connectivity index (χ1) is 58.1. The lowest BCUT2D eigenvalue weighted by Gasteiger charge is -2.49. The fourth-order valence-electron chi connectivity index (χ4n) is 15.5. The molecule has 5 saturated heterocycles. The number of aliphatic hydroxyl groups is 5. The summed E-state index contributed by atoms with van der Waals surface area (Å²) in [5.74, 6) is 3.08. The van der Waals surface area contributed by atoms with Crippen molar-refractivity contribution >= 4 is 114 Å². The number of carbonyl (C=O) groups excluding carboxylic acids is 9. The Morgan fingerprint density at radius 3 is 2.11 bits per heavy atom. The Hall–Kier alpha value is -6.50. The van der Waals surface area contributed by atoms with Crippen LogP contribution in [0.2, 0.25) is 0 Å². The number of likely N-dealkylation sites (tertiary alicyclic amines) is 1. The third-order valence-corrected chi connectivity index (χ3v) is 28.2. The van der Waals surface area contributed by atoms with Crippen LogP contribution in [0.5, 0.6) is 17.2 Å². The van der Waals surface area contributed by atoms with Gasteiger partial charge in [0, 0.05) is 94.7 Å². The summed E-state index contributed by atoms with van der Waals surface area (Å²) in [7, 11) is 9.59. The van der Waals surface area contributed by atoms with Gasteiger partial charge in [-0.25, -0.2) is 4.79 Å². The number of methoxy groups -OCH3 is 5. The number of nitrogens with one attached hydrogen (secondary N) is 4. The second-order valence-corrected chi connectivity index (χ2v) is 37.6. The molecule has 40 heteroatoms. The first-order valence-corrected chi connectivity index (χ1v) is 45.2. The number of hydrogen-bond acceptors (Lipinski definition) is 32. The van der Waals surface area contributed by atoms with Crippen molar-refractivity contribution in [3.8, 4) is 40.9 Å². The van der Waals surface area contributed by atoms with Gasteiger partial charge in [-0.15, -0.1) is 5.92 Å². The number of carboxylic acid groups (broad SMARTS) is 1. The van der Waals surface area contributed by atoms with Gasteiger partial charge < -0.3 is 119 Å². The van der Waals surface area contributed by atoms with Crippen LogP contribution in [0.4, 0.5) is 4.79 Å². The number of ketones is 2. The molecule has 123 heavy (non-hydrogen) atoms. The number of amides is 6. The maximum Gasteiger partial charge on any atom is 0.407 e. The summed E-state index contributed by atoms with van der Waals surface area (Å²) in [6.07, 6.45) is -16.9. The van der Waals surface area contributed by atoms with Gasteiger partial charge in [0.05, 0.1) is 115 Å². The summed E-state index contributed by atoms with van der Waals surface area (Å²) in [6.45, 7) is 20.6. The number of nitrogens with zero attached hydrogens (tertiary/aromatic N) is 2. The Morgan fingerprint density at radius 1 is 0.837 bits per heavy atom. The molecule has 0 radical (unpaired) electrons. The smallest absolute Gasteiger partial charge is 0.407 e. The number of likely N-dealkylation sites (N-methyl/N-ethyl adjacent to an activating group) is 1. The van der Waals surface area contributed by atoms with Gasteiger partial charge in [0.15, 0.2) is 41.9 Å². The minimum atomic E-state index is -1.85. The average Bonchev–Trinajstić information content (AvgIpc) is 0.748. The van der Waals surface area contributed by atoms with Crippen LogP contribution in [0.1, 0.15) is 156 Å². The largest absolute Gasteiger partial charge is 0.492 e. The summed E-state index contributed by atoms with van der Waals surface area (Å²) in [4.78, 5) is 143. The Bertz CT molecular complexity index is 4020. The van der Waals surface area contributed by atoms with Crippen LogP contribution in [-0.2, 0) is 85.8 Å². The minimum Gasteiger partial charge on any atom is -0.492 e. The summed E-state index contributed by atoms with van der Waals surface area (Å²) in [6, 6.07) is -4.99. The van der Waals surface area contributed by atoms with Gasteiger partial charge in [0.1, 0.15) is 42.7 Å². The predicted octanol–water partition coefficient (Wildman–Crippen LogP) is 3.91. The van der Waals surface area contributed by atoms with E-state index < -0.39 is 229 Å². The number of nitrogens with two attached hydrogens (primary N) is 1. The van der Waals surface area contributed by atoms with Crippen LogP contribution in [0.15, 0.2) is 23.8 Å². The van der Waals surface area contributed by atoms with Crippen LogP contribution in [0.3, 0.4) is 0 Å². The molecule has 688 valence electrons. The third kappa shape index (κ3) is 27.5. The lowest BCUT2D eigenvalue weighted by molar-refractivity contribution is -0.340. The number of halogens is 1. The van der Waals surface area contributed by atoms with Crippen molar-refractivity contribution in [2.24, 2.45) is 29.4 Å². The average molecular weight is 1910 g/mol. The number of ether oxygens (including phenoxy) is 12. The molecule has 0 spiro atoms. The number of alkyl carbamates (subject to hydrolysis) is 1. The van der Waals surface area contributed by atoms with Crippen molar-refractivity contribution in [2.45, 2.75) is 279 Å². The Labute approximate surface area is 743 Å². The minimum absolute atomic E-state index is 0.0138. The van der Waals surface area contributed by atoms with Crippen molar-refractivity contribution in [1.82, 2.24) is 31.2 Å². The third-order valence-electron chi connectivity index (χ3n) is 22.3. The monoisotopic (exact) mass is 1900 g/mol. The molecule has 5 heterocycles. The molecule has 1 aliphatic carbocycles. The zero-order valence-corrected chi connectivity index (χ0v) is 77.2. The number of benzene rings is 1. The van der Waals surface area contributed by atoms with Crippen molar-refractivity contribution in [3.63, 3.8) is 0 Å². The van der Waals surface area contributed by atoms with Gasteiger partial charge >= 0.3 is 12.1 Å². The van der Waals surface area contributed by atoms with Gasteiger partial charge in [0.2, 0.25) is 46.7 Å². The summed E-state index contributed by atoms with van der Waals surface area (Å²) < 4.78 is 73.9. The second kappa shape index (κ2) is 48.1. The highest BCUT2D eigenvalue weighted by Crippen LogP contribution is 2.50. The van der Waals surface area contributed by atoms with E-state index in [2.05, 4.69) is 45.1 Å². The molecule has 1 aromatic rings. The van der Waals surface area contributed by atoms with E-state index >= 15 is 0 Å². The molecule has 6 fully saturated rings. The molecule has 0 aromatic heterocycles. The van der Waals surface area contributed by atoms with Crippen molar-refractivity contribution < 1.29 is 140 Å². The van der Waals surface area contributed by atoms with E-state index in [0.717, 1.165) is 18.9 Å². The molecule has 6 aliphatic rings. The van der Waals surface area contributed by atoms with Gasteiger partial charge in [-0.3, -0.25) is 48.0 Å². The lowest BCUT2D eigenvalue weighted by Crippen LogP contribution is -2.66. The molecule has 7 rings (SSSR count). The number of allylic oxidation sites excluding steroid dienone is 2. The molecule has 5 aliphatic heterocycles. The van der Waals surface area contributed by atoms with Crippen LogP contribution >= 0.6 is 55.9 Å². The zero-order chi connectivity index (χ0) is 91.2. The quantitative estimate of drug-likeness (QED) is 0.0112. The topological polar surface area (TPSA) is 493 Å². The SMILES string of the molecule is CC#C/C=C\C#C[C@H](OC1OC(C)C(NOC2CC(O)C(SC(=O)c3c(C)c(I)c(OC4OC(C)C(O)C(OC)C4O)c(OC)c3OC)C(C)O2)C(O)C1OC1CC(OC)C(N(CC)C(=O)CNC(=O)[C@H](C)CC(=O)[C@H](CC(N)=O)NC(=O)CCCC(=O)N2CCC(C(=O)O)CC2)CO1)C1/C(=C\CSSC(C)(C)C)[C@](O)(C(C)C)CC(=O)C1NC(=O)OC. The van der Waals surface area contributed by atoms with E-state index in [1.54, 1.807) is 77.2 Å². The van der Waals surface area contributed by atoms with Crippen LogP contribution in [0.25, 0.3) is 0 Å². The highest BCUT2D eigenvalue weighted by molar-refractivity contribution is 14.1. The van der Waals surface area contributed by atoms with E-state index in [9.17, 15) is 78.6 Å². The van der Waals surface area contributed by atoms with Crippen LogP contribution < -0.4 is 41.4 Å². The van der Waals surface area contributed by atoms with E-state index in [1.807, 2.05) is 43.4 Å². The number of rotatable bonds is 37. The molecule has 12 N–H and O–H groups in total. The summed E-state index contributed by atoms with van der Waals surface area (Å²) in [5, 5.41) is 75.4.